The van der Waals surface area contributed by atoms with Crippen molar-refractivity contribution in [2.45, 2.75) is 18.4 Å². The van der Waals surface area contributed by atoms with Crippen LogP contribution >= 0.6 is 0 Å². The fourth-order valence-corrected chi connectivity index (χ4v) is 3.40. The largest absolute Gasteiger partial charge is 0.465 e. The number of nitrogens with one attached hydrogen (secondary N) is 2. The van der Waals surface area contributed by atoms with E-state index in [1.54, 1.807) is 0 Å². The minimum atomic E-state index is -1.02. The lowest BCUT2D eigenvalue weighted by atomic mass is 9.90. The van der Waals surface area contributed by atoms with Gasteiger partial charge in [0.2, 0.25) is 0 Å². The van der Waals surface area contributed by atoms with E-state index in [-0.39, 0.29) is 0 Å². The molecule has 1 saturated heterocycles. The molecule has 1 aromatic carbocycles. The summed E-state index contributed by atoms with van der Waals surface area (Å²) in [7, 11) is 0. The zero-order chi connectivity index (χ0) is 14.1. The molecule has 3 rings (SSSR count). The smallest absolute Gasteiger partial charge is 0.409 e. The molecular formula is C15H19N3O2. The number of nitrogens with zero attached hydrogens (tertiary/aromatic N) is 1. The summed E-state index contributed by atoms with van der Waals surface area (Å²) >= 11 is 0. The lowest BCUT2D eigenvalue weighted by Crippen LogP contribution is -2.44. The van der Waals surface area contributed by atoms with Crippen LogP contribution in [0, 0.1) is 0 Å². The number of amides is 1. The Balaban J connectivity index is 1.97. The standard InChI is InChI=1S/C15H19N3O2/c1-2-7-18-13-4-3-10(17-15(19)20)8-11(13)12-9-16-6-5-14(12)18/h2-4,8,12,14,16-17H,1,5-7,9H2,(H,19,20). The molecule has 5 nitrogen and oxygen atoms in total. The normalized spacial score (nSPS) is 23.9. The summed E-state index contributed by atoms with van der Waals surface area (Å²) in [6.45, 7) is 6.65. The number of fused-ring (bicyclic) bond motifs is 3. The maximum absolute atomic E-state index is 10.8. The molecular weight excluding hydrogens is 254 g/mol. The first-order valence-electron chi connectivity index (χ1n) is 6.93. The summed E-state index contributed by atoms with van der Waals surface area (Å²) in [5.41, 5.74) is 3.08. The van der Waals surface area contributed by atoms with Gasteiger partial charge in [-0.2, -0.15) is 0 Å². The maximum Gasteiger partial charge on any atom is 0.409 e. The molecule has 20 heavy (non-hydrogen) atoms. The molecule has 3 N–H and O–H groups in total. The maximum atomic E-state index is 10.8. The van der Waals surface area contributed by atoms with Crippen molar-refractivity contribution in [3.8, 4) is 0 Å². The molecule has 0 radical (unpaired) electrons. The molecule has 1 fully saturated rings. The molecule has 0 bridgehead atoms. The van der Waals surface area contributed by atoms with Gasteiger partial charge in [0.05, 0.1) is 0 Å². The van der Waals surface area contributed by atoms with Crippen LogP contribution in [0.4, 0.5) is 16.2 Å². The first kappa shape index (κ1) is 13.0. The van der Waals surface area contributed by atoms with E-state index < -0.39 is 6.09 Å². The van der Waals surface area contributed by atoms with Crippen LogP contribution in [0.3, 0.4) is 0 Å². The third-order valence-corrected chi connectivity index (χ3v) is 4.16. The van der Waals surface area contributed by atoms with E-state index in [0.29, 0.717) is 17.6 Å². The van der Waals surface area contributed by atoms with E-state index >= 15 is 0 Å². The van der Waals surface area contributed by atoms with Crippen molar-refractivity contribution < 1.29 is 9.90 Å². The van der Waals surface area contributed by atoms with Gasteiger partial charge in [0, 0.05) is 36.4 Å². The quantitative estimate of drug-likeness (QED) is 0.739. The average molecular weight is 273 g/mol. The Kier molecular flexibility index (Phi) is 3.36. The number of piperidine rings is 1. The first-order chi connectivity index (χ1) is 9.70. The number of carbonyl (C=O) groups is 1. The van der Waals surface area contributed by atoms with Crippen molar-refractivity contribution in [1.29, 1.82) is 0 Å². The van der Waals surface area contributed by atoms with Gasteiger partial charge in [-0.15, -0.1) is 6.58 Å². The minimum Gasteiger partial charge on any atom is -0.465 e. The number of hydrogen-bond acceptors (Lipinski definition) is 3. The summed E-state index contributed by atoms with van der Waals surface area (Å²) in [5.74, 6) is 0.425. The van der Waals surface area contributed by atoms with Gasteiger partial charge in [-0.05, 0) is 36.7 Å². The predicted octanol–water partition coefficient (Wildman–Crippen LogP) is 2.23. The Bertz CT molecular complexity index is 544. The molecule has 5 heteroatoms. The zero-order valence-electron chi connectivity index (χ0n) is 11.3. The number of anilines is 2. The van der Waals surface area contributed by atoms with E-state index in [1.807, 2.05) is 24.3 Å². The highest BCUT2D eigenvalue weighted by Gasteiger charge is 2.39. The Morgan fingerprint density at radius 3 is 3.20 bits per heavy atom. The van der Waals surface area contributed by atoms with Crippen LogP contribution in [0.2, 0.25) is 0 Å². The molecule has 2 atom stereocenters. The number of hydrogen-bond donors (Lipinski definition) is 3. The monoisotopic (exact) mass is 273 g/mol. The average Bonchev–Trinajstić information content (AvgIpc) is 2.73. The summed E-state index contributed by atoms with van der Waals surface area (Å²) in [6.07, 6.45) is 2.01. The van der Waals surface area contributed by atoms with Crippen LogP contribution in [0.1, 0.15) is 17.9 Å². The van der Waals surface area contributed by atoms with Gasteiger partial charge in [0.25, 0.3) is 0 Å². The van der Waals surface area contributed by atoms with Crippen molar-refractivity contribution in [2.24, 2.45) is 0 Å². The van der Waals surface area contributed by atoms with Crippen LogP contribution in [0.15, 0.2) is 30.9 Å². The summed E-state index contributed by atoms with van der Waals surface area (Å²) < 4.78 is 0. The molecule has 1 amide bonds. The minimum absolute atomic E-state index is 0.425. The van der Waals surface area contributed by atoms with E-state index in [2.05, 4.69) is 22.1 Å². The molecule has 2 aliphatic heterocycles. The van der Waals surface area contributed by atoms with Crippen LogP contribution in [-0.2, 0) is 0 Å². The summed E-state index contributed by atoms with van der Waals surface area (Å²) in [5, 5.41) is 14.7. The molecule has 0 saturated carbocycles. The highest BCUT2D eigenvalue weighted by molar-refractivity contribution is 5.84. The lowest BCUT2D eigenvalue weighted by molar-refractivity contribution is 0.210. The molecule has 2 heterocycles. The molecule has 106 valence electrons. The molecule has 0 aromatic heterocycles. The van der Waals surface area contributed by atoms with Crippen LogP contribution in [-0.4, -0.2) is 36.9 Å². The lowest BCUT2D eigenvalue weighted by Gasteiger charge is -2.33. The second-order valence-corrected chi connectivity index (χ2v) is 5.31. The topological polar surface area (TPSA) is 64.6 Å². The Labute approximate surface area is 118 Å². The van der Waals surface area contributed by atoms with Gasteiger partial charge in [-0.1, -0.05) is 6.08 Å². The van der Waals surface area contributed by atoms with Crippen molar-refractivity contribution in [1.82, 2.24) is 5.32 Å². The van der Waals surface area contributed by atoms with E-state index in [0.717, 1.165) is 26.1 Å². The third-order valence-electron chi connectivity index (χ3n) is 4.16. The number of benzene rings is 1. The number of rotatable bonds is 3. The number of carboxylic acid groups (broad SMARTS) is 1. The van der Waals surface area contributed by atoms with Crippen LogP contribution in [0.25, 0.3) is 0 Å². The molecule has 1 aromatic rings. The zero-order valence-corrected chi connectivity index (χ0v) is 11.3. The van der Waals surface area contributed by atoms with E-state index in [4.69, 9.17) is 5.11 Å². The third kappa shape index (κ3) is 2.14. The van der Waals surface area contributed by atoms with Crippen molar-refractivity contribution >= 4 is 17.5 Å². The molecule has 0 aliphatic carbocycles. The molecule has 2 unspecified atom stereocenters. The second-order valence-electron chi connectivity index (χ2n) is 5.31. The van der Waals surface area contributed by atoms with Gasteiger partial charge in [0.15, 0.2) is 0 Å². The SMILES string of the molecule is C=CCN1c2ccc(NC(=O)O)cc2C2CNCCC21. The predicted molar refractivity (Wildman–Crippen MR) is 79.6 cm³/mol. The fraction of sp³-hybridized carbons (Fsp3) is 0.400. The van der Waals surface area contributed by atoms with Crippen LogP contribution in [0.5, 0.6) is 0 Å². The van der Waals surface area contributed by atoms with Gasteiger partial charge in [-0.25, -0.2) is 4.79 Å². The highest BCUT2D eigenvalue weighted by Crippen LogP contribution is 2.44. The van der Waals surface area contributed by atoms with Gasteiger partial charge in [0.1, 0.15) is 0 Å². The summed E-state index contributed by atoms with van der Waals surface area (Å²) in [6, 6.07) is 6.30. The van der Waals surface area contributed by atoms with Crippen molar-refractivity contribution in [3.05, 3.63) is 36.4 Å². The van der Waals surface area contributed by atoms with Crippen LogP contribution < -0.4 is 15.5 Å². The first-order valence-corrected chi connectivity index (χ1v) is 6.93. The second kappa shape index (κ2) is 5.17. The van der Waals surface area contributed by atoms with Gasteiger partial charge in [-0.3, -0.25) is 5.32 Å². The molecule has 0 spiro atoms. The highest BCUT2D eigenvalue weighted by atomic mass is 16.4. The van der Waals surface area contributed by atoms with Gasteiger partial charge >= 0.3 is 6.09 Å². The van der Waals surface area contributed by atoms with Gasteiger partial charge < -0.3 is 15.3 Å². The van der Waals surface area contributed by atoms with E-state index in [1.165, 1.54) is 11.3 Å². The molecule has 2 aliphatic rings. The van der Waals surface area contributed by atoms with Crippen molar-refractivity contribution in [2.75, 3.05) is 29.9 Å². The fourth-order valence-electron chi connectivity index (χ4n) is 3.40. The van der Waals surface area contributed by atoms with E-state index in [9.17, 15) is 4.79 Å². The Hall–Kier alpha value is -2.01. The van der Waals surface area contributed by atoms with Crippen molar-refractivity contribution in [3.63, 3.8) is 0 Å². The Morgan fingerprint density at radius 2 is 2.45 bits per heavy atom. The summed E-state index contributed by atoms with van der Waals surface area (Å²) in [4.78, 5) is 13.2. The Morgan fingerprint density at radius 1 is 1.60 bits per heavy atom.